The van der Waals surface area contributed by atoms with Crippen molar-refractivity contribution in [2.45, 2.75) is 51.0 Å². The van der Waals surface area contributed by atoms with E-state index in [4.69, 9.17) is 10.5 Å². The van der Waals surface area contributed by atoms with Gasteiger partial charge in [0.2, 0.25) is 5.95 Å². The van der Waals surface area contributed by atoms with Crippen LogP contribution in [0.3, 0.4) is 0 Å². The third-order valence-corrected chi connectivity index (χ3v) is 9.22. The summed E-state index contributed by atoms with van der Waals surface area (Å²) in [6.07, 6.45) is 5.53. The van der Waals surface area contributed by atoms with Crippen LogP contribution in [0.1, 0.15) is 53.7 Å². The molecule has 1 amide bonds. The lowest BCUT2D eigenvalue weighted by atomic mass is 9.99. The number of anilines is 1. The lowest BCUT2D eigenvalue weighted by Crippen LogP contribution is -2.45. The van der Waals surface area contributed by atoms with E-state index in [2.05, 4.69) is 87.6 Å². The monoisotopic (exact) mass is 608 g/mol. The average molecular weight is 609 g/mol. The number of halogens is 1. The number of nitrogen functional groups attached to an aromatic ring is 1. The molecular weight excluding hydrogens is 567 g/mol. The van der Waals surface area contributed by atoms with Gasteiger partial charge in [-0.15, -0.1) is 0 Å². The number of rotatable bonds is 9. The topological polar surface area (TPSA) is 96.6 Å². The van der Waals surface area contributed by atoms with Crippen molar-refractivity contribution in [3.8, 4) is 22.3 Å². The highest BCUT2D eigenvalue weighted by Crippen LogP contribution is 2.28. The fraction of sp³-hybridized carbons (Fsp3) is 0.361. The highest BCUT2D eigenvalue weighted by molar-refractivity contribution is 5.99. The quantitative estimate of drug-likeness (QED) is 0.235. The largest absolute Gasteiger partial charge is 0.383 e. The Morgan fingerprint density at radius 1 is 0.933 bits per heavy atom. The number of hydrogen-bond acceptors (Lipinski definition) is 7. The number of ether oxygens (including phenoxy) is 1. The van der Waals surface area contributed by atoms with Crippen molar-refractivity contribution in [2.24, 2.45) is 0 Å². The van der Waals surface area contributed by atoms with Gasteiger partial charge in [0.15, 0.2) is 0 Å². The van der Waals surface area contributed by atoms with E-state index in [0.29, 0.717) is 23.8 Å². The Kier molecular flexibility index (Phi) is 9.49. The number of amides is 1. The minimum absolute atomic E-state index is 0.0953. The van der Waals surface area contributed by atoms with Crippen LogP contribution in [0.2, 0.25) is 0 Å². The van der Waals surface area contributed by atoms with Crippen molar-refractivity contribution >= 4 is 11.7 Å². The molecule has 1 saturated heterocycles. The van der Waals surface area contributed by atoms with E-state index >= 15 is 0 Å². The standard InChI is InChI=1S/C36H41FN6O2/c1-24(43-18-16-42(2)17-19-43)26-10-12-28(13-11-26)27-8-6-25(7-9-27)23-45-33-5-3-4-32(33)41-36(44)31-20-30(22-40-35(31)38)29-14-15-34(37)39-21-29/h6-15,20-22,24,32-33H,3-5,16-19,23H2,1-2H3,(H2,38,40)(H,41,44)/t24?,32-,33?/m0/s1. The van der Waals surface area contributed by atoms with Gasteiger partial charge in [-0.1, -0.05) is 48.5 Å². The maximum Gasteiger partial charge on any atom is 0.255 e. The fourth-order valence-corrected chi connectivity index (χ4v) is 6.27. The molecule has 1 saturated carbocycles. The van der Waals surface area contributed by atoms with E-state index in [0.717, 1.165) is 51.0 Å². The Morgan fingerprint density at radius 2 is 1.60 bits per heavy atom. The zero-order valence-electron chi connectivity index (χ0n) is 26.0. The predicted octanol–water partition coefficient (Wildman–Crippen LogP) is 5.71. The Morgan fingerprint density at radius 3 is 2.29 bits per heavy atom. The first-order valence-electron chi connectivity index (χ1n) is 15.8. The summed E-state index contributed by atoms with van der Waals surface area (Å²) in [5.74, 6) is -0.730. The van der Waals surface area contributed by atoms with E-state index in [1.165, 1.54) is 29.0 Å². The van der Waals surface area contributed by atoms with Gasteiger partial charge < -0.3 is 20.7 Å². The van der Waals surface area contributed by atoms with Crippen LogP contribution in [0, 0.1) is 5.95 Å². The number of pyridine rings is 2. The van der Waals surface area contributed by atoms with Crippen molar-refractivity contribution < 1.29 is 13.9 Å². The van der Waals surface area contributed by atoms with Gasteiger partial charge >= 0.3 is 0 Å². The molecule has 2 aliphatic rings. The molecule has 234 valence electrons. The number of aromatic nitrogens is 2. The summed E-state index contributed by atoms with van der Waals surface area (Å²) in [4.78, 5) is 26.1. The van der Waals surface area contributed by atoms with Gasteiger partial charge in [-0.3, -0.25) is 9.69 Å². The number of nitrogens with zero attached hydrogens (tertiary/aromatic N) is 4. The first-order chi connectivity index (χ1) is 21.8. The molecule has 1 aliphatic carbocycles. The molecule has 2 fully saturated rings. The van der Waals surface area contributed by atoms with Crippen LogP contribution in [0.5, 0.6) is 0 Å². The first-order valence-corrected chi connectivity index (χ1v) is 15.8. The smallest absolute Gasteiger partial charge is 0.255 e. The van der Waals surface area contributed by atoms with Crippen LogP contribution in [-0.2, 0) is 11.3 Å². The maximum absolute atomic E-state index is 13.3. The number of carbonyl (C=O) groups excluding carboxylic acids is 1. The highest BCUT2D eigenvalue weighted by atomic mass is 19.1. The van der Waals surface area contributed by atoms with Crippen molar-refractivity contribution in [1.82, 2.24) is 25.1 Å². The van der Waals surface area contributed by atoms with Gasteiger partial charge in [-0.25, -0.2) is 9.97 Å². The fourth-order valence-electron chi connectivity index (χ4n) is 6.27. The summed E-state index contributed by atoms with van der Waals surface area (Å²) in [6.45, 7) is 7.22. The summed E-state index contributed by atoms with van der Waals surface area (Å²) in [5.41, 5.74) is 12.4. The average Bonchev–Trinajstić information content (AvgIpc) is 3.51. The number of likely N-dealkylation sites (N-methyl/N-ethyl adjacent to an activating group) is 1. The molecule has 9 heteroatoms. The van der Waals surface area contributed by atoms with Crippen LogP contribution in [-0.4, -0.2) is 71.0 Å². The molecule has 0 radical (unpaired) electrons. The zero-order valence-corrected chi connectivity index (χ0v) is 26.0. The molecule has 3 heterocycles. The Bertz CT molecular complexity index is 1590. The number of carbonyl (C=O) groups is 1. The minimum Gasteiger partial charge on any atom is -0.383 e. The number of nitrogens with two attached hydrogens (primary N) is 1. The molecule has 8 nitrogen and oxygen atoms in total. The van der Waals surface area contributed by atoms with Gasteiger partial charge in [-0.2, -0.15) is 4.39 Å². The Labute approximate surface area is 264 Å². The molecule has 6 rings (SSSR count). The first kappa shape index (κ1) is 30.8. The second-order valence-electron chi connectivity index (χ2n) is 12.2. The van der Waals surface area contributed by atoms with Gasteiger partial charge in [0.25, 0.3) is 5.91 Å². The van der Waals surface area contributed by atoms with Crippen LogP contribution in [0.15, 0.2) is 79.1 Å². The normalized spacial score (nSPS) is 19.8. The van der Waals surface area contributed by atoms with Gasteiger partial charge in [0.1, 0.15) is 5.82 Å². The molecule has 2 unspecified atom stereocenters. The van der Waals surface area contributed by atoms with Gasteiger partial charge in [-0.05, 0) is 73.7 Å². The third-order valence-electron chi connectivity index (χ3n) is 9.22. The van der Waals surface area contributed by atoms with Gasteiger partial charge in [0, 0.05) is 55.7 Å². The molecule has 1 aliphatic heterocycles. The molecule has 45 heavy (non-hydrogen) atoms. The molecule has 4 aromatic rings. The van der Waals surface area contributed by atoms with E-state index in [-0.39, 0.29) is 29.4 Å². The van der Waals surface area contributed by atoms with Crippen LogP contribution >= 0.6 is 0 Å². The molecule has 2 aromatic carbocycles. The third kappa shape index (κ3) is 7.39. The molecule has 0 bridgehead atoms. The minimum atomic E-state index is -0.570. The molecular formula is C36H41FN6O2. The summed E-state index contributed by atoms with van der Waals surface area (Å²) >= 11 is 0. The second-order valence-corrected chi connectivity index (χ2v) is 12.2. The van der Waals surface area contributed by atoms with E-state index in [1.54, 1.807) is 18.3 Å². The lowest BCUT2D eigenvalue weighted by Gasteiger charge is -2.36. The van der Waals surface area contributed by atoms with Crippen LogP contribution < -0.4 is 11.1 Å². The molecule has 3 atom stereocenters. The van der Waals surface area contributed by atoms with E-state index in [9.17, 15) is 9.18 Å². The van der Waals surface area contributed by atoms with Crippen molar-refractivity contribution in [2.75, 3.05) is 39.0 Å². The summed E-state index contributed by atoms with van der Waals surface area (Å²) in [7, 11) is 2.19. The summed E-state index contributed by atoms with van der Waals surface area (Å²) in [6, 6.07) is 22.3. The number of nitrogens with one attached hydrogen (secondary N) is 1. The summed E-state index contributed by atoms with van der Waals surface area (Å²) < 4.78 is 19.6. The van der Waals surface area contributed by atoms with E-state index < -0.39 is 5.95 Å². The summed E-state index contributed by atoms with van der Waals surface area (Å²) in [5, 5.41) is 3.11. The number of benzene rings is 2. The number of hydrogen-bond donors (Lipinski definition) is 2. The highest BCUT2D eigenvalue weighted by Gasteiger charge is 2.30. The predicted molar refractivity (Wildman–Crippen MR) is 175 cm³/mol. The SMILES string of the molecule is CC(c1ccc(-c2ccc(COC3CCC[C@@H]3NC(=O)c3cc(-c4ccc(F)nc4)cnc3N)cc2)cc1)N1CCN(C)CC1. The van der Waals surface area contributed by atoms with E-state index in [1.807, 2.05) is 0 Å². The van der Waals surface area contributed by atoms with Crippen LogP contribution in [0.25, 0.3) is 22.3 Å². The molecule has 0 spiro atoms. The van der Waals surface area contributed by atoms with Gasteiger partial charge in [0.05, 0.1) is 24.3 Å². The molecule has 3 N–H and O–H groups in total. The zero-order chi connectivity index (χ0) is 31.3. The van der Waals surface area contributed by atoms with Crippen molar-refractivity contribution in [3.63, 3.8) is 0 Å². The van der Waals surface area contributed by atoms with Crippen molar-refractivity contribution in [1.29, 1.82) is 0 Å². The second kappa shape index (κ2) is 13.9. The Balaban J connectivity index is 1.03. The maximum atomic E-state index is 13.3. The molecule has 2 aromatic heterocycles. The number of piperazine rings is 1. The van der Waals surface area contributed by atoms with Crippen molar-refractivity contribution in [3.05, 3.63) is 102 Å². The Hall–Kier alpha value is -4.18. The lowest BCUT2D eigenvalue weighted by molar-refractivity contribution is 0.0272. The van der Waals surface area contributed by atoms with Crippen LogP contribution in [0.4, 0.5) is 10.2 Å².